The number of aromatic amines is 1. The number of aryl methyl sites for hydroxylation is 4. The minimum Gasteiger partial charge on any atom is -0.507 e. The van der Waals surface area contributed by atoms with Gasteiger partial charge in [0.25, 0.3) is 0 Å². The van der Waals surface area contributed by atoms with Crippen LogP contribution in [0, 0.1) is 27.7 Å². The lowest BCUT2D eigenvalue weighted by Crippen LogP contribution is -1.89. The zero-order chi connectivity index (χ0) is 19.3. The van der Waals surface area contributed by atoms with Crippen LogP contribution in [0.3, 0.4) is 0 Å². The quantitative estimate of drug-likeness (QED) is 0.403. The lowest BCUT2D eigenvalue weighted by Gasteiger charge is -2.12. The van der Waals surface area contributed by atoms with Gasteiger partial charge in [0.15, 0.2) is 0 Å². The molecule has 136 valence electrons. The fourth-order valence-corrected chi connectivity index (χ4v) is 3.86. The van der Waals surface area contributed by atoms with Crippen molar-refractivity contribution in [1.29, 1.82) is 0 Å². The predicted octanol–water partition coefficient (Wildman–Crippen LogP) is 6.15. The Morgan fingerprint density at radius 3 is 1.70 bits per heavy atom. The number of phenols is 2. The number of benzene rings is 3. The van der Waals surface area contributed by atoms with Gasteiger partial charge in [-0.3, -0.25) is 0 Å². The topological polar surface area (TPSA) is 56.2 Å². The van der Waals surface area contributed by atoms with E-state index < -0.39 is 0 Å². The van der Waals surface area contributed by atoms with Gasteiger partial charge in [0, 0.05) is 16.5 Å². The molecule has 3 nitrogen and oxygen atoms in total. The zero-order valence-electron chi connectivity index (χ0n) is 16.0. The molecule has 0 aliphatic carbocycles. The van der Waals surface area contributed by atoms with Crippen molar-refractivity contribution in [1.82, 2.24) is 4.98 Å². The van der Waals surface area contributed by atoms with E-state index in [0.29, 0.717) is 11.5 Å². The van der Waals surface area contributed by atoms with Gasteiger partial charge in [-0.15, -0.1) is 0 Å². The SMILES string of the molecule is Cc1cc(-c2[nH]c3ccccc3c2-c2cc(C)c(O)c(C)c2)cc(C)c1O. The molecule has 3 N–H and O–H groups in total. The van der Waals surface area contributed by atoms with Crippen LogP contribution >= 0.6 is 0 Å². The van der Waals surface area contributed by atoms with Gasteiger partial charge in [0.2, 0.25) is 0 Å². The summed E-state index contributed by atoms with van der Waals surface area (Å²) in [6.07, 6.45) is 0. The third-order valence-electron chi connectivity index (χ3n) is 5.27. The summed E-state index contributed by atoms with van der Waals surface area (Å²) in [5, 5.41) is 21.5. The van der Waals surface area contributed by atoms with E-state index in [0.717, 1.165) is 55.5 Å². The number of para-hydroxylation sites is 1. The largest absolute Gasteiger partial charge is 0.507 e. The molecule has 0 unspecified atom stereocenters. The number of aromatic hydroxyl groups is 2. The first-order valence-corrected chi connectivity index (χ1v) is 9.08. The number of H-pyrrole nitrogens is 1. The summed E-state index contributed by atoms with van der Waals surface area (Å²) < 4.78 is 0. The summed E-state index contributed by atoms with van der Waals surface area (Å²) >= 11 is 0. The van der Waals surface area contributed by atoms with Gasteiger partial charge in [-0.2, -0.15) is 0 Å². The number of phenolic OH excluding ortho intramolecular Hbond substituents is 2. The van der Waals surface area contributed by atoms with Crippen LogP contribution in [0.15, 0.2) is 48.5 Å². The number of nitrogens with one attached hydrogen (secondary N) is 1. The lowest BCUT2D eigenvalue weighted by atomic mass is 9.94. The van der Waals surface area contributed by atoms with Gasteiger partial charge >= 0.3 is 0 Å². The van der Waals surface area contributed by atoms with Crippen molar-refractivity contribution in [3.05, 3.63) is 70.8 Å². The van der Waals surface area contributed by atoms with Crippen molar-refractivity contribution in [2.24, 2.45) is 0 Å². The van der Waals surface area contributed by atoms with Gasteiger partial charge in [-0.25, -0.2) is 0 Å². The molecule has 0 aliphatic heterocycles. The summed E-state index contributed by atoms with van der Waals surface area (Å²) in [6, 6.07) is 16.3. The fourth-order valence-electron chi connectivity index (χ4n) is 3.86. The first-order valence-electron chi connectivity index (χ1n) is 9.08. The molecule has 4 rings (SSSR count). The summed E-state index contributed by atoms with van der Waals surface area (Å²) in [6.45, 7) is 7.69. The molecule has 0 radical (unpaired) electrons. The molecule has 0 aliphatic rings. The summed E-state index contributed by atoms with van der Waals surface area (Å²) in [7, 11) is 0. The van der Waals surface area contributed by atoms with E-state index >= 15 is 0 Å². The van der Waals surface area contributed by atoms with E-state index in [4.69, 9.17) is 0 Å². The van der Waals surface area contributed by atoms with Gasteiger partial charge in [0.05, 0.1) is 5.69 Å². The van der Waals surface area contributed by atoms with Gasteiger partial charge in [-0.05, 0) is 91.4 Å². The first-order chi connectivity index (χ1) is 12.9. The lowest BCUT2D eigenvalue weighted by molar-refractivity contribution is 0.466. The molecule has 0 amide bonds. The van der Waals surface area contributed by atoms with Crippen LogP contribution in [0.25, 0.3) is 33.3 Å². The number of aromatic nitrogens is 1. The van der Waals surface area contributed by atoms with Crippen LogP contribution in [-0.4, -0.2) is 15.2 Å². The maximum atomic E-state index is 10.2. The summed E-state index contributed by atoms with van der Waals surface area (Å²) in [4.78, 5) is 3.56. The molecular formula is C24H23NO2. The molecule has 0 atom stereocenters. The Morgan fingerprint density at radius 1 is 0.667 bits per heavy atom. The van der Waals surface area contributed by atoms with Crippen molar-refractivity contribution in [3.8, 4) is 33.9 Å². The molecule has 1 heterocycles. The first kappa shape index (κ1) is 17.2. The Balaban J connectivity index is 2.07. The monoisotopic (exact) mass is 357 g/mol. The van der Waals surface area contributed by atoms with E-state index in [9.17, 15) is 10.2 Å². The standard InChI is InChI=1S/C24H23NO2/c1-13-9-17(10-14(2)23(13)26)21-19-7-5-6-8-20(19)25-22(21)18-11-15(3)24(27)16(4)12-18/h5-12,25-27H,1-4H3. The highest BCUT2D eigenvalue weighted by atomic mass is 16.3. The molecule has 0 fully saturated rings. The molecule has 0 saturated carbocycles. The molecule has 0 spiro atoms. The molecule has 4 aromatic rings. The molecule has 3 aromatic carbocycles. The Labute approximate surface area is 158 Å². The number of hydrogen-bond donors (Lipinski definition) is 3. The maximum Gasteiger partial charge on any atom is 0.121 e. The van der Waals surface area contributed by atoms with Crippen molar-refractivity contribution in [2.75, 3.05) is 0 Å². The predicted molar refractivity (Wildman–Crippen MR) is 111 cm³/mol. The molecule has 0 bridgehead atoms. The van der Waals surface area contributed by atoms with E-state index in [1.165, 1.54) is 0 Å². The van der Waals surface area contributed by atoms with Gasteiger partial charge < -0.3 is 15.2 Å². The summed E-state index contributed by atoms with van der Waals surface area (Å²) in [5.41, 5.74) is 8.73. The van der Waals surface area contributed by atoms with E-state index in [-0.39, 0.29) is 0 Å². The maximum absolute atomic E-state index is 10.2. The van der Waals surface area contributed by atoms with Crippen LogP contribution in [-0.2, 0) is 0 Å². The minimum atomic E-state index is 0.340. The number of fused-ring (bicyclic) bond motifs is 1. The Kier molecular flexibility index (Phi) is 3.96. The minimum absolute atomic E-state index is 0.340. The molecule has 27 heavy (non-hydrogen) atoms. The number of rotatable bonds is 2. The second kappa shape index (κ2) is 6.20. The zero-order valence-corrected chi connectivity index (χ0v) is 16.0. The Morgan fingerprint density at radius 2 is 1.15 bits per heavy atom. The van der Waals surface area contributed by atoms with E-state index in [1.807, 2.05) is 64.1 Å². The molecule has 1 aromatic heterocycles. The molecular weight excluding hydrogens is 334 g/mol. The normalized spacial score (nSPS) is 11.3. The van der Waals surface area contributed by atoms with E-state index in [2.05, 4.69) is 17.1 Å². The van der Waals surface area contributed by atoms with Gasteiger partial charge in [-0.1, -0.05) is 18.2 Å². The fraction of sp³-hybridized carbons (Fsp3) is 0.167. The average Bonchev–Trinajstić information content (AvgIpc) is 3.03. The summed E-state index contributed by atoms with van der Waals surface area (Å²) in [5.74, 6) is 0.684. The van der Waals surface area contributed by atoms with Crippen LogP contribution in [0.2, 0.25) is 0 Å². The molecule has 3 heteroatoms. The van der Waals surface area contributed by atoms with Gasteiger partial charge in [0.1, 0.15) is 11.5 Å². The van der Waals surface area contributed by atoms with Crippen molar-refractivity contribution in [2.45, 2.75) is 27.7 Å². The van der Waals surface area contributed by atoms with Crippen LogP contribution < -0.4 is 0 Å². The van der Waals surface area contributed by atoms with Crippen LogP contribution in [0.4, 0.5) is 0 Å². The molecule has 0 saturated heterocycles. The highest BCUT2D eigenvalue weighted by Gasteiger charge is 2.18. The third kappa shape index (κ3) is 2.76. The average molecular weight is 357 g/mol. The second-order valence-electron chi connectivity index (χ2n) is 7.34. The highest BCUT2D eigenvalue weighted by Crippen LogP contribution is 2.41. The smallest absolute Gasteiger partial charge is 0.121 e. The van der Waals surface area contributed by atoms with Crippen molar-refractivity contribution in [3.63, 3.8) is 0 Å². The Hall–Kier alpha value is -3.20. The highest BCUT2D eigenvalue weighted by molar-refractivity contribution is 6.04. The van der Waals surface area contributed by atoms with Crippen LogP contribution in [0.1, 0.15) is 22.3 Å². The third-order valence-corrected chi connectivity index (χ3v) is 5.27. The van der Waals surface area contributed by atoms with Crippen LogP contribution in [0.5, 0.6) is 11.5 Å². The van der Waals surface area contributed by atoms with Crippen molar-refractivity contribution < 1.29 is 10.2 Å². The second-order valence-corrected chi connectivity index (χ2v) is 7.34. The number of hydrogen-bond acceptors (Lipinski definition) is 2. The van der Waals surface area contributed by atoms with E-state index in [1.54, 1.807) is 0 Å². The Bertz CT molecular complexity index is 1140. The van der Waals surface area contributed by atoms with Crippen molar-refractivity contribution >= 4 is 10.9 Å².